The van der Waals surface area contributed by atoms with Crippen LogP contribution in [-0.4, -0.2) is 34.5 Å². The van der Waals surface area contributed by atoms with Gasteiger partial charge in [-0.25, -0.2) is 9.78 Å². The molecule has 0 bridgehead atoms. The van der Waals surface area contributed by atoms with E-state index >= 15 is 0 Å². The predicted molar refractivity (Wildman–Crippen MR) is 103 cm³/mol. The summed E-state index contributed by atoms with van der Waals surface area (Å²) < 4.78 is 0. The van der Waals surface area contributed by atoms with Crippen molar-refractivity contribution in [1.29, 1.82) is 0 Å². The summed E-state index contributed by atoms with van der Waals surface area (Å²) in [6.45, 7) is 4.17. The molecule has 26 heavy (non-hydrogen) atoms. The van der Waals surface area contributed by atoms with E-state index in [1.54, 1.807) is 0 Å². The molecular weight excluding hydrogens is 332 g/mol. The van der Waals surface area contributed by atoms with Crippen LogP contribution in [0.2, 0.25) is 0 Å². The van der Waals surface area contributed by atoms with Crippen LogP contribution < -0.4 is 0 Å². The van der Waals surface area contributed by atoms with E-state index in [4.69, 9.17) is 14.9 Å². The van der Waals surface area contributed by atoms with E-state index in [9.17, 15) is 9.90 Å². The van der Waals surface area contributed by atoms with Gasteiger partial charge in [-0.3, -0.25) is 4.79 Å². The largest absolute Gasteiger partial charge is 0.481 e. The molecule has 0 aliphatic carbocycles. The van der Waals surface area contributed by atoms with Gasteiger partial charge in [0.1, 0.15) is 0 Å². The lowest BCUT2D eigenvalue weighted by molar-refractivity contribution is -0.300. The molecule has 0 aromatic carbocycles. The Bertz CT molecular complexity index is 432. The summed E-state index contributed by atoms with van der Waals surface area (Å²) in [7, 11) is 0. The number of allylic oxidation sites excluding steroid dienone is 3. The predicted octanol–water partition coefficient (Wildman–Crippen LogP) is 4.80. The van der Waals surface area contributed by atoms with Crippen molar-refractivity contribution < 1.29 is 24.8 Å². The first-order chi connectivity index (χ1) is 12.5. The van der Waals surface area contributed by atoms with Crippen molar-refractivity contribution >= 4 is 5.97 Å². The Hall–Kier alpha value is -1.17. The van der Waals surface area contributed by atoms with Gasteiger partial charge in [0, 0.05) is 12.8 Å². The van der Waals surface area contributed by atoms with Crippen molar-refractivity contribution in [2.24, 2.45) is 5.92 Å². The Morgan fingerprint density at radius 2 is 1.92 bits per heavy atom. The molecular formula is C21H36O5. The molecule has 1 saturated heterocycles. The summed E-state index contributed by atoms with van der Waals surface area (Å²) in [5.74, 6) is -0.445. The number of aliphatic carboxylic acids is 1. The highest BCUT2D eigenvalue weighted by molar-refractivity contribution is 5.66. The second-order valence-electron chi connectivity index (χ2n) is 7.26. The topological polar surface area (TPSA) is 76.0 Å². The molecule has 150 valence electrons. The van der Waals surface area contributed by atoms with Crippen molar-refractivity contribution in [3.63, 3.8) is 0 Å². The van der Waals surface area contributed by atoms with Crippen LogP contribution in [0.5, 0.6) is 0 Å². The fraction of sp³-hybridized carbons (Fsp3) is 0.762. The van der Waals surface area contributed by atoms with E-state index in [0.717, 1.165) is 51.4 Å². The molecule has 0 spiro atoms. The van der Waals surface area contributed by atoms with Crippen molar-refractivity contribution in [2.45, 2.75) is 96.4 Å². The maximum absolute atomic E-state index is 10.5. The minimum absolute atomic E-state index is 0.0653. The van der Waals surface area contributed by atoms with Gasteiger partial charge >= 0.3 is 5.97 Å². The zero-order valence-corrected chi connectivity index (χ0v) is 16.3. The van der Waals surface area contributed by atoms with Gasteiger partial charge in [-0.1, -0.05) is 50.5 Å². The fourth-order valence-corrected chi connectivity index (χ4v) is 3.11. The van der Waals surface area contributed by atoms with Gasteiger partial charge in [0.2, 0.25) is 0 Å². The molecule has 1 heterocycles. The van der Waals surface area contributed by atoms with Crippen LogP contribution in [0.4, 0.5) is 0 Å². The van der Waals surface area contributed by atoms with Gasteiger partial charge < -0.3 is 10.2 Å². The number of rotatable bonds is 14. The Kier molecular flexibility index (Phi) is 12.3. The maximum Gasteiger partial charge on any atom is 0.303 e. The van der Waals surface area contributed by atoms with Crippen LogP contribution in [0.3, 0.4) is 0 Å². The SMILES string of the molecule is CCCCCC(O)/C=C/C[C@@H](C/C=C\CCCC(=O)O)C1CC(C)OO1. The summed E-state index contributed by atoms with van der Waals surface area (Å²) in [4.78, 5) is 21.2. The lowest BCUT2D eigenvalue weighted by atomic mass is 9.91. The van der Waals surface area contributed by atoms with Crippen LogP contribution in [0.25, 0.3) is 0 Å². The van der Waals surface area contributed by atoms with E-state index in [-0.39, 0.29) is 24.7 Å². The Morgan fingerprint density at radius 1 is 1.15 bits per heavy atom. The molecule has 0 amide bonds. The third-order valence-electron chi connectivity index (χ3n) is 4.70. The number of hydrogen-bond donors (Lipinski definition) is 2. The van der Waals surface area contributed by atoms with Gasteiger partial charge in [-0.05, 0) is 44.9 Å². The number of carboxylic acid groups (broad SMARTS) is 1. The van der Waals surface area contributed by atoms with E-state index in [0.29, 0.717) is 12.3 Å². The Morgan fingerprint density at radius 3 is 2.58 bits per heavy atom. The first-order valence-electron chi connectivity index (χ1n) is 10.1. The second-order valence-corrected chi connectivity index (χ2v) is 7.26. The Labute approximate surface area is 158 Å². The van der Waals surface area contributed by atoms with E-state index in [2.05, 4.69) is 25.2 Å². The summed E-state index contributed by atoms with van der Waals surface area (Å²) in [5, 5.41) is 18.7. The molecule has 5 nitrogen and oxygen atoms in total. The highest BCUT2D eigenvalue weighted by atomic mass is 17.2. The highest BCUT2D eigenvalue weighted by Crippen LogP contribution is 2.28. The van der Waals surface area contributed by atoms with E-state index in [1.165, 1.54) is 0 Å². The van der Waals surface area contributed by atoms with Crippen LogP contribution in [-0.2, 0) is 14.6 Å². The lowest BCUT2D eigenvalue weighted by Gasteiger charge is -2.18. The van der Waals surface area contributed by atoms with Crippen molar-refractivity contribution in [2.75, 3.05) is 0 Å². The normalized spacial score (nSPS) is 23.0. The molecule has 0 radical (unpaired) electrons. The van der Waals surface area contributed by atoms with Gasteiger partial charge in [-0.15, -0.1) is 0 Å². The number of carboxylic acids is 1. The molecule has 1 fully saturated rings. The molecule has 0 aromatic heterocycles. The Balaban J connectivity index is 2.41. The van der Waals surface area contributed by atoms with Crippen LogP contribution in [0.15, 0.2) is 24.3 Å². The molecule has 1 aliphatic rings. The molecule has 2 N–H and O–H groups in total. The standard InChI is InChI=1S/C21H36O5/c1-3-4-7-13-19(22)14-10-12-18(20-16-17(2)25-26-20)11-8-5-6-9-15-21(23)24/h5,8,10,14,17-20,22H,3-4,6-7,9,11-13,15-16H2,1-2H3,(H,23,24)/b8-5-,14-10+/t17?,18-,19?,20?/m1/s1. The van der Waals surface area contributed by atoms with Gasteiger partial charge in [-0.2, -0.15) is 0 Å². The minimum Gasteiger partial charge on any atom is -0.481 e. The second kappa shape index (κ2) is 14.0. The molecule has 4 atom stereocenters. The highest BCUT2D eigenvalue weighted by Gasteiger charge is 2.30. The van der Waals surface area contributed by atoms with Crippen molar-refractivity contribution in [1.82, 2.24) is 0 Å². The maximum atomic E-state index is 10.5. The monoisotopic (exact) mass is 368 g/mol. The third kappa shape index (κ3) is 10.7. The zero-order chi connectivity index (χ0) is 19.2. The molecule has 3 unspecified atom stereocenters. The van der Waals surface area contributed by atoms with Crippen LogP contribution >= 0.6 is 0 Å². The smallest absolute Gasteiger partial charge is 0.303 e. The molecule has 1 aliphatic heterocycles. The molecule has 0 aromatic rings. The number of unbranched alkanes of at least 4 members (excludes halogenated alkanes) is 3. The summed E-state index contributed by atoms with van der Waals surface area (Å²) in [6, 6.07) is 0. The third-order valence-corrected chi connectivity index (χ3v) is 4.70. The van der Waals surface area contributed by atoms with Gasteiger partial charge in [0.05, 0.1) is 18.3 Å². The summed E-state index contributed by atoms with van der Waals surface area (Å²) >= 11 is 0. The van der Waals surface area contributed by atoms with Crippen molar-refractivity contribution in [3.05, 3.63) is 24.3 Å². The minimum atomic E-state index is -0.746. The lowest BCUT2D eigenvalue weighted by Crippen LogP contribution is -2.19. The van der Waals surface area contributed by atoms with Crippen LogP contribution in [0, 0.1) is 5.92 Å². The first kappa shape index (κ1) is 22.9. The van der Waals surface area contributed by atoms with Crippen LogP contribution in [0.1, 0.15) is 78.1 Å². The fourth-order valence-electron chi connectivity index (χ4n) is 3.11. The van der Waals surface area contributed by atoms with Crippen molar-refractivity contribution in [3.8, 4) is 0 Å². The van der Waals surface area contributed by atoms with Gasteiger partial charge in [0.15, 0.2) is 0 Å². The molecule has 5 heteroatoms. The average molecular weight is 369 g/mol. The number of aliphatic hydroxyl groups excluding tert-OH is 1. The van der Waals surface area contributed by atoms with E-state index < -0.39 is 5.97 Å². The van der Waals surface area contributed by atoms with E-state index in [1.807, 2.05) is 13.0 Å². The molecule has 0 saturated carbocycles. The summed E-state index contributed by atoms with van der Waals surface area (Å²) in [5.41, 5.74) is 0. The first-order valence-corrected chi connectivity index (χ1v) is 10.1. The number of aliphatic hydroxyl groups is 1. The number of carbonyl (C=O) groups is 1. The summed E-state index contributed by atoms with van der Waals surface area (Å²) in [6.07, 6.45) is 16.4. The average Bonchev–Trinajstić information content (AvgIpc) is 3.02. The molecule has 1 rings (SSSR count). The zero-order valence-electron chi connectivity index (χ0n) is 16.3. The quantitative estimate of drug-likeness (QED) is 0.262. The van der Waals surface area contributed by atoms with Gasteiger partial charge in [0.25, 0.3) is 0 Å². The number of hydrogen-bond acceptors (Lipinski definition) is 4.